The third kappa shape index (κ3) is 3.39. The van der Waals surface area contributed by atoms with Crippen LogP contribution in [0.1, 0.15) is 12.5 Å². The fourth-order valence-corrected chi connectivity index (χ4v) is 1.28. The van der Waals surface area contributed by atoms with Crippen LogP contribution in [0.4, 0.5) is 11.5 Å². The van der Waals surface area contributed by atoms with Crippen LogP contribution >= 0.6 is 0 Å². The maximum absolute atomic E-state index is 10.5. The Bertz CT molecular complexity index is 455. The van der Waals surface area contributed by atoms with E-state index in [1.165, 1.54) is 6.07 Å². The highest BCUT2D eigenvalue weighted by atomic mass is 16.6. The molecule has 0 amide bonds. The lowest BCUT2D eigenvalue weighted by Gasteiger charge is -2.13. The smallest absolute Gasteiger partial charge is 0.289 e. The molecule has 0 saturated heterocycles. The molecule has 1 atom stereocenters. The Balaban J connectivity index is 2.94. The first-order valence-electron chi connectivity index (χ1n) is 4.88. The van der Waals surface area contributed by atoms with Crippen molar-refractivity contribution in [2.45, 2.75) is 13.0 Å². The molecule has 0 aliphatic rings. The van der Waals surface area contributed by atoms with Gasteiger partial charge in [0.1, 0.15) is 23.6 Å². The normalized spacial score (nSPS) is 11.6. The van der Waals surface area contributed by atoms with E-state index in [2.05, 4.69) is 10.3 Å². The first-order valence-corrected chi connectivity index (χ1v) is 4.88. The number of hydrogen-bond acceptors (Lipinski definition) is 6. The highest BCUT2D eigenvalue weighted by molar-refractivity contribution is 5.55. The molecular formula is C10H12N4O3. The molecule has 0 aliphatic heterocycles. The van der Waals surface area contributed by atoms with E-state index < -0.39 is 4.92 Å². The number of aromatic nitrogens is 1. The Hall–Kier alpha value is -2.20. The van der Waals surface area contributed by atoms with Crippen molar-refractivity contribution < 1.29 is 9.66 Å². The van der Waals surface area contributed by atoms with Crippen LogP contribution < -0.4 is 5.32 Å². The van der Waals surface area contributed by atoms with Gasteiger partial charge in [0.15, 0.2) is 0 Å². The van der Waals surface area contributed by atoms with E-state index >= 15 is 0 Å². The van der Waals surface area contributed by atoms with Gasteiger partial charge in [0.05, 0.1) is 11.5 Å². The fourth-order valence-electron chi connectivity index (χ4n) is 1.28. The second-order valence-electron chi connectivity index (χ2n) is 3.46. The van der Waals surface area contributed by atoms with E-state index in [1.807, 2.05) is 13.0 Å². The van der Waals surface area contributed by atoms with Crippen molar-refractivity contribution >= 4 is 11.5 Å². The molecule has 1 aromatic heterocycles. The summed E-state index contributed by atoms with van der Waals surface area (Å²) in [6.45, 7) is 2.30. The zero-order chi connectivity index (χ0) is 12.8. The zero-order valence-electron chi connectivity index (χ0n) is 9.51. The Morgan fingerprint density at radius 2 is 2.47 bits per heavy atom. The maximum Gasteiger partial charge on any atom is 0.289 e. The lowest BCUT2D eigenvalue weighted by atomic mass is 10.2. The van der Waals surface area contributed by atoms with Gasteiger partial charge in [0.2, 0.25) is 0 Å². The molecule has 1 aromatic rings. The van der Waals surface area contributed by atoms with Crippen LogP contribution in [0.25, 0.3) is 0 Å². The van der Waals surface area contributed by atoms with Crippen molar-refractivity contribution in [2.75, 3.05) is 19.0 Å². The molecule has 1 unspecified atom stereocenters. The maximum atomic E-state index is 10.5. The molecule has 1 rings (SSSR count). The number of nitrogens with zero attached hydrogens (tertiary/aromatic N) is 3. The number of nitro groups is 1. The van der Waals surface area contributed by atoms with Crippen molar-refractivity contribution in [3.63, 3.8) is 0 Å². The predicted molar refractivity (Wildman–Crippen MR) is 60.6 cm³/mol. The standard InChI is InChI=1S/C10H12N4O3/c1-7(6-17-2)13-10-8(4-11)3-9(5-12-10)14(15)16/h3,5,7H,6H2,1-2H3,(H,12,13). The summed E-state index contributed by atoms with van der Waals surface area (Å²) in [5.41, 5.74) is -0.0614. The Morgan fingerprint density at radius 3 is 3.00 bits per heavy atom. The molecule has 0 bridgehead atoms. The third-order valence-electron chi connectivity index (χ3n) is 2.00. The molecule has 0 aromatic carbocycles. The minimum absolute atomic E-state index is 0.0407. The first-order chi connectivity index (χ1) is 8.08. The van der Waals surface area contributed by atoms with E-state index in [9.17, 15) is 10.1 Å². The molecule has 0 aliphatic carbocycles. The Kier molecular flexibility index (Phi) is 4.37. The molecule has 1 heterocycles. The van der Waals surface area contributed by atoms with Crippen LogP contribution in [-0.4, -0.2) is 29.7 Å². The van der Waals surface area contributed by atoms with Crippen LogP contribution in [0.15, 0.2) is 12.3 Å². The number of anilines is 1. The number of ether oxygens (including phenoxy) is 1. The third-order valence-corrected chi connectivity index (χ3v) is 2.00. The number of methoxy groups -OCH3 is 1. The molecule has 7 heteroatoms. The van der Waals surface area contributed by atoms with Gasteiger partial charge in [-0.2, -0.15) is 5.26 Å². The summed E-state index contributed by atoms with van der Waals surface area (Å²) < 4.78 is 4.93. The van der Waals surface area contributed by atoms with Gasteiger partial charge in [0, 0.05) is 19.2 Å². The van der Waals surface area contributed by atoms with Crippen LogP contribution in [0, 0.1) is 21.4 Å². The van der Waals surface area contributed by atoms with Gasteiger partial charge in [-0.3, -0.25) is 10.1 Å². The largest absolute Gasteiger partial charge is 0.383 e. The van der Waals surface area contributed by atoms with Gasteiger partial charge in [-0.1, -0.05) is 0 Å². The minimum atomic E-state index is -0.587. The molecule has 17 heavy (non-hydrogen) atoms. The molecule has 1 N–H and O–H groups in total. The van der Waals surface area contributed by atoms with Crippen molar-refractivity contribution in [1.29, 1.82) is 5.26 Å². The minimum Gasteiger partial charge on any atom is -0.383 e. The predicted octanol–water partition coefficient (Wildman–Crippen LogP) is 1.31. The van der Waals surface area contributed by atoms with Gasteiger partial charge >= 0.3 is 0 Å². The highest BCUT2D eigenvalue weighted by Gasteiger charge is 2.13. The number of pyridine rings is 1. The topological polar surface area (TPSA) is 101 Å². The van der Waals surface area contributed by atoms with Crippen molar-refractivity contribution in [3.05, 3.63) is 27.9 Å². The summed E-state index contributed by atoms with van der Waals surface area (Å²) in [4.78, 5) is 13.8. The summed E-state index contributed by atoms with van der Waals surface area (Å²) in [5.74, 6) is 0.322. The molecule has 0 radical (unpaired) electrons. The molecule has 0 saturated carbocycles. The van der Waals surface area contributed by atoms with Crippen LogP contribution in [0.5, 0.6) is 0 Å². The molecule has 0 spiro atoms. The van der Waals surface area contributed by atoms with E-state index in [1.54, 1.807) is 7.11 Å². The molecule has 0 fully saturated rings. The summed E-state index contributed by atoms with van der Waals surface area (Å²) in [6, 6.07) is 3.02. The number of rotatable bonds is 5. The second-order valence-corrected chi connectivity index (χ2v) is 3.46. The monoisotopic (exact) mass is 236 g/mol. The second kappa shape index (κ2) is 5.77. The lowest BCUT2D eigenvalue weighted by molar-refractivity contribution is -0.385. The van der Waals surface area contributed by atoms with E-state index in [0.29, 0.717) is 12.4 Å². The summed E-state index contributed by atoms with van der Waals surface area (Å²) in [5, 5.41) is 22.4. The number of nitriles is 1. The SMILES string of the molecule is COCC(C)Nc1ncc([N+](=O)[O-])cc1C#N. The van der Waals surface area contributed by atoms with Crippen LogP contribution in [0.2, 0.25) is 0 Å². The average Bonchev–Trinajstić information content (AvgIpc) is 2.29. The first kappa shape index (κ1) is 12.9. The molecule has 90 valence electrons. The zero-order valence-corrected chi connectivity index (χ0v) is 9.51. The Morgan fingerprint density at radius 1 is 1.76 bits per heavy atom. The van der Waals surface area contributed by atoms with Crippen LogP contribution in [-0.2, 0) is 4.74 Å². The quantitative estimate of drug-likeness (QED) is 0.610. The highest BCUT2D eigenvalue weighted by Crippen LogP contribution is 2.18. The molecule has 7 nitrogen and oxygen atoms in total. The average molecular weight is 236 g/mol. The number of hydrogen-bond donors (Lipinski definition) is 1. The van der Waals surface area contributed by atoms with Crippen molar-refractivity contribution in [2.24, 2.45) is 0 Å². The van der Waals surface area contributed by atoms with Gasteiger partial charge < -0.3 is 10.1 Å². The summed E-state index contributed by atoms with van der Waals surface area (Å²) in [7, 11) is 1.56. The fraction of sp³-hybridized carbons (Fsp3) is 0.400. The summed E-state index contributed by atoms with van der Waals surface area (Å²) in [6.07, 6.45) is 1.11. The van der Waals surface area contributed by atoms with E-state index in [0.717, 1.165) is 6.20 Å². The van der Waals surface area contributed by atoms with Crippen LogP contribution in [0.3, 0.4) is 0 Å². The number of nitrogens with one attached hydrogen (secondary N) is 1. The molecular weight excluding hydrogens is 224 g/mol. The van der Waals surface area contributed by atoms with Gasteiger partial charge in [-0.25, -0.2) is 4.98 Å². The van der Waals surface area contributed by atoms with Gasteiger partial charge in [-0.05, 0) is 6.92 Å². The van der Waals surface area contributed by atoms with Crippen molar-refractivity contribution in [3.8, 4) is 6.07 Å². The van der Waals surface area contributed by atoms with Crippen molar-refractivity contribution in [1.82, 2.24) is 4.98 Å². The summed E-state index contributed by atoms with van der Waals surface area (Å²) >= 11 is 0. The lowest BCUT2D eigenvalue weighted by Crippen LogP contribution is -2.22. The van der Waals surface area contributed by atoms with E-state index in [4.69, 9.17) is 10.00 Å². The van der Waals surface area contributed by atoms with Gasteiger partial charge in [-0.15, -0.1) is 0 Å². The Labute approximate surface area is 98.2 Å². The van der Waals surface area contributed by atoms with E-state index in [-0.39, 0.29) is 17.3 Å². The van der Waals surface area contributed by atoms with Gasteiger partial charge in [0.25, 0.3) is 5.69 Å².